The average molecular weight is 237 g/mol. The maximum atomic E-state index is 5.81. The van der Waals surface area contributed by atoms with E-state index in [4.69, 9.17) is 4.42 Å². The third kappa shape index (κ3) is 3.28. The fraction of sp³-hybridized carbons (Fsp3) is 0.846. The highest BCUT2D eigenvalue weighted by Crippen LogP contribution is 2.31. The van der Waals surface area contributed by atoms with Gasteiger partial charge in [-0.1, -0.05) is 32.6 Å². The van der Waals surface area contributed by atoms with Gasteiger partial charge in [0.1, 0.15) is 0 Å². The van der Waals surface area contributed by atoms with Gasteiger partial charge >= 0.3 is 0 Å². The third-order valence-electron chi connectivity index (χ3n) is 3.54. The van der Waals surface area contributed by atoms with Crippen molar-refractivity contribution in [2.75, 3.05) is 6.54 Å². The van der Waals surface area contributed by atoms with E-state index >= 15 is 0 Å². The summed E-state index contributed by atoms with van der Waals surface area (Å²) in [6, 6.07) is 0.159. The van der Waals surface area contributed by atoms with Gasteiger partial charge in [0.15, 0.2) is 0 Å². The van der Waals surface area contributed by atoms with Crippen LogP contribution in [0.15, 0.2) is 4.42 Å². The van der Waals surface area contributed by atoms with Gasteiger partial charge in [-0.15, -0.1) is 10.2 Å². The van der Waals surface area contributed by atoms with Crippen LogP contribution in [0.1, 0.15) is 76.1 Å². The molecule has 1 aliphatic rings. The molecule has 0 saturated heterocycles. The van der Waals surface area contributed by atoms with E-state index in [2.05, 4.69) is 29.4 Å². The zero-order chi connectivity index (χ0) is 12.1. The SMILES string of the molecule is CCNC(C)c1nnc(C2CCCCCC2)o1. The molecule has 96 valence electrons. The average Bonchev–Trinajstić information content (AvgIpc) is 2.66. The fourth-order valence-electron chi connectivity index (χ4n) is 2.51. The molecule has 0 aliphatic heterocycles. The molecule has 2 rings (SSSR count). The molecule has 17 heavy (non-hydrogen) atoms. The van der Waals surface area contributed by atoms with E-state index in [1.807, 2.05) is 0 Å². The van der Waals surface area contributed by atoms with Crippen LogP contribution in [0.5, 0.6) is 0 Å². The van der Waals surface area contributed by atoms with Crippen LogP contribution in [-0.4, -0.2) is 16.7 Å². The Labute approximate surface area is 103 Å². The minimum atomic E-state index is 0.159. The Morgan fingerprint density at radius 1 is 1.24 bits per heavy atom. The lowest BCUT2D eigenvalue weighted by Crippen LogP contribution is -2.17. The maximum absolute atomic E-state index is 5.81. The van der Waals surface area contributed by atoms with Crippen LogP contribution in [0, 0.1) is 0 Å². The fourth-order valence-corrected chi connectivity index (χ4v) is 2.51. The van der Waals surface area contributed by atoms with Crippen LogP contribution < -0.4 is 5.32 Å². The predicted molar refractivity (Wildman–Crippen MR) is 66.8 cm³/mol. The van der Waals surface area contributed by atoms with E-state index in [1.54, 1.807) is 0 Å². The molecule has 1 aromatic rings. The summed E-state index contributed by atoms with van der Waals surface area (Å²) in [5, 5.41) is 11.7. The Morgan fingerprint density at radius 2 is 1.94 bits per heavy atom. The quantitative estimate of drug-likeness (QED) is 0.817. The van der Waals surface area contributed by atoms with Crippen molar-refractivity contribution in [2.24, 2.45) is 0 Å². The lowest BCUT2D eigenvalue weighted by Gasteiger charge is -2.09. The second kappa shape index (κ2) is 6.15. The van der Waals surface area contributed by atoms with Crippen molar-refractivity contribution < 1.29 is 4.42 Å². The largest absolute Gasteiger partial charge is 0.423 e. The molecule has 0 aromatic carbocycles. The highest BCUT2D eigenvalue weighted by Gasteiger charge is 2.21. The lowest BCUT2D eigenvalue weighted by molar-refractivity contribution is 0.365. The van der Waals surface area contributed by atoms with Crippen LogP contribution in [0.4, 0.5) is 0 Å². The molecule has 1 atom stereocenters. The summed E-state index contributed by atoms with van der Waals surface area (Å²) in [5.41, 5.74) is 0. The van der Waals surface area contributed by atoms with Crippen molar-refractivity contribution in [1.29, 1.82) is 0 Å². The van der Waals surface area contributed by atoms with E-state index in [0.717, 1.165) is 18.3 Å². The van der Waals surface area contributed by atoms with E-state index in [1.165, 1.54) is 38.5 Å². The third-order valence-corrected chi connectivity index (χ3v) is 3.54. The monoisotopic (exact) mass is 237 g/mol. The van der Waals surface area contributed by atoms with Gasteiger partial charge in [-0.25, -0.2) is 0 Å². The van der Waals surface area contributed by atoms with Gasteiger partial charge in [0, 0.05) is 5.92 Å². The molecule has 1 aromatic heterocycles. The van der Waals surface area contributed by atoms with Crippen molar-refractivity contribution in [1.82, 2.24) is 15.5 Å². The van der Waals surface area contributed by atoms with Crippen molar-refractivity contribution in [3.8, 4) is 0 Å². The van der Waals surface area contributed by atoms with Crippen molar-refractivity contribution >= 4 is 0 Å². The molecule has 1 heterocycles. The molecule has 0 spiro atoms. The molecule has 0 bridgehead atoms. The maximum Gasteiger partial charge on any atom is 0.233 e. The lowest BCUT2D eigenvalue weighted by atomic mass is 10.0. The Hall–Kier alpha value is -0.900. The van der Waals surface area contributed by atoms with Gasteiger partial charge in [-0.2, -0.15) is 0 Å². The van der Waals surface area contributed by atoms with Crippen LogP contribution in [0.2, 0.25) is 0 Å². The molecule has 0 amide bonds. The van der Waals surface area contributed by atoms with E-state index in [0.29, 0.717) is 5.92 Å². The molecule has 1 aliphatic carbocycles. The van der Waals surface area contributed by atoms with Crippen LogP contribution in [0.3, 0.4) is 0 Å². The van der Waals surface area contributed by atoms with E-state index in [9.17, 15) is 0 Å². The first-order valence-electron chi connectivity index (χ1n) is 6.88. The number of rotatable bonds is 4. The summed E-state index contributed by atoms with van der Waals surface area (Å²) in [6.07, 6.45) is 7.71. The zero-order valence-electron chi connectivity index (χ0n) is 10.9. The first-order valence-corrected chi connectivity index (χ1v) is 6.88. The highest BCUT2D eigenvalue weighted by molar-refractivity contribution is 4.94. The Balaban J connectivity index is 2.01. The van der Waals surface area contributed by atoms with Gasteiger partial charge in [0.05, 0.1) is 6.04 Å². The Bertz CT molecular complexity index is 329. The topological polar surface area (TPSA) is 51.0 Å². The number of hydrogen-bond donors (Lipinski definition) is 1. The number of hydrogen-bond acceptors (Lipinski definition) is 4. The predicted octanol–water partition coefficient (Wildman–Crippen LogP) is 3.18. The molecule has 1 unspecified atom stereocenters. The smallest absolute Gasteiger partial charge is 0.233 e. The van der Waals surface area contributed by atoms with E-state index < -0.39 is 0 Å². The summed E-state index contributed by atoms with van der Waals surface area (Å²) in [4.78, 5) is 0. The number of aromatic nitrogens is 2. The highest BCUT2D eigenvalue weighted by atomic mass is 16.4. The van der Waals surface area contributed by atoms with Crippen LogP contribution in [-0.2, 0) is 0 Å². The first-order chi connectivity index (χ1) is 8.31. The molecular weight excluding hydrogens is 214 g/mol. The summed E-state index contributed by atoms with van der Waals surface area (Å²) in [7, 11) is 0. The normalized spacial score (nSPS) is 20.1. The molecule has 1 fully saturated rings. The number of nitrogens with one attached hydrogen (secondary N) is 1. The summed E-state index contributed by atoms with van der Waals surface area (Å²) < 4.78 is 5.81. The minimum absolute atomic E-state index is 0.159. The number of nitrogens with zero attached hydrogens (tertiary/aromatic N) is 2. The molecule has 4 heteroatoms. The second-order valence-corrected chi connectivity index (χ2v) is 4.95. The van der Waals surface area contributed by atoms with Gasteiger partial charge in [0.25, 0.3) is 0 Å². The molecule has 4 nitrogen and oxygen atoms in total. The van der Waals surface area contributed by atoms with Crippen molar-refractivity contribution in [3.63, 3.8) is 0 Å². The van der Waals surface area contributed by atoms with Crippen molar-refractivity contribution in [2.45, 2.75) is 64.3 Å². The standard InChI is InChI=1S/C13H23N3O/c1-3-14-10(2)12-15-16-13(17-12)11-8-6-4-5-7-9-11/h10-11,14H,3-9H2,1-2H3. The molecule has 1 N–H and O–H groups in total. The molecular formula is C13H23N3O. The van der Waals surface area contributed by atoms with E-state index in [-0.39, 0.29) is 6.04 Å². The van der Waals surface area contributed by atoms with Crippen LogP contribution in [0.25, 0.3) is 0 Å². The van der Waals surface area contributed by atoms with Gasteiger partial charge in [-0.3, -0.25) is 0 Å². The second-order valence-electron chi connectivity index (χ2n) is 4.95. The molecule has 1 saturated carbocycles. The summed E-state index contributed by atoms with van der Waals surface area (Å²) >= 11 is 0. The summed E-state index contributed by atoms with van der Waals surface area (Å²) in [5.74, 6) is 2.07. The zero-order valence-corrected chi connectivity index (χ0v) is 10.9. The molecule has 0 radical (unpaired) electrons. The van der Waals surface area contributed by atoms with Crippen LogP contribution >= 0.6 is 0 Å². The Morgan fingerprint density at radius 3 is 2.59 bits per heavy atom. The van der Waals surface area contributed by atoms with Gasteiger partial charge in [0.2, 0.25) is 11.8 Å². The Kier molecular flexibility index (Phi) is 4.54. The summed E-state index contributed by atoms with van der Waals surface area (Å²) in [6.45, 7) is 5.06. The van der Waals surface area contributed by atoms with Gasteiger partial charge in [-0.05, 0) is 26.3 Å². The van der Waals surface area contributed by atoms with Crippen molar-refractivity contribution in [3.05, 3.63) is 11.8 Å². The van der Waals surface area contributed by atoms with Gasteiger partial charge < -0.3 is 9.73 Å². The minimum Gasteiger partial charge on any atom is -0.423 e. The first kappa shape index (κ1) is 12.6.